The Morgan fingerprint density at radius 1 is 1.14 bits per heavy atom. The van der Waals surface area contributed by atoms with Crippen molar-refractivity contribution in [3.63, 3.8) is 0 Å². The van der Waals surface area contributed by atoms with Gasteiger partial charge in [0.2, 0.25) is 0 Å². The second-order valence-corrected chi connectivity index (χ2v) is 7.93. The molecular formula is C17H27N3O. The molecule has 0 bridgehead atoms. The van der Waals surface area contributed by atoms with E-state index in [1.54, 1.807) is 18.2 Å². The number of rotatable bonds is 2. The van der Waals surface area contributed by atoms with Crippen LogP contribution in [-0.2, 0) is 0 Å². The molecule has 0 radical (unpaired) electrons. The van der Waals surface area contributed by atoms with E-state index in [2.05, 4.69) is 33.0 Å². The fraction of sp³-hybridized carbons (Fsp3) is 0.588. The maximum atomic E-state index is 12.4. The minimum Gasteiger partial charge on any atom is -0.399 e. The average molecular weight is 289 g/mol. The van der Waals surface area contributed by atoms with Gasteiger partial charge < -0.3 is 16.8 Å². The van der Waals surface area contributed by atoms with Crippen LogP contribution in [-0.4, -0.2) is 11.9 Å². The Kier molecular flexibility index (Phi) is 3.91. The lowest BCUT2D eigenvalue weighted by Crippen LogP contribution is -2.46. The third-order valence-corrected chi connectivity index (χ3v) is 4.21. The Morgan fingerprint density at radius 2 is 1.71 bits per heavy atom. The average Bonchev–Trinajstić information content (AvgIpc) is 2.23. The second kappa shape index (κ2) is 5.24. The first-order chi connectivity index (χ1) is 9.58. The SMILES string of the molecule is CC1(C)CC(NC(=O)c2ccc(N)cc2N)CC(C)(C)C1. The van der Waals surface area contributed by atoms with Crippen LogP contribution in [0, 0.1) is 10.8 Å². The van der Waals surface area contributed by atoms with E-state index in [1.807, 2.05) is 0 Å². The molecule has 0 atom stereocenters. The first kappa shape index (κ1) is 15.7. The zero-order valence-corrected chi connectivity index (χ0v) is 13.5. The van der Waals surface area contributed by atoms with E-state index in [9.17, 15) is 4.79 Å². The monoisotopic (exact) mass is 289 g/mol. The van der Waals surface area contributed by atoms with Crippen molar-refractivity contribution in [3.05, 3.63) is 23.8 Å². The van der Waals surface area contributed by atoms with Gasteiger partial charge in [0.1, 0.15) is 0 Å². The van der Waals surface area contributed by atoms with Crippen molar-refractivity contribution in [2.45, 2.75) is 53.0 Å². The first-order valence-electron chi connectivity index (χ1n) is 7.54. The third kappa shape index (κ3) is 3.90. The zero-order chi connectivity index (χ0) is 15.8. The summed E-state index contributed by atoms with van der Waals surface area (Å²) < 4.78 is 0. The quantitative estimate of drug-likeness (QED) is 0.731. The molecule has 1 fully saturated rings. The highest BCUT2D eigenvalue weighted by Gasteiger charge is 2.39. The molecule has 1 saturated carbocycles. The standard InChI is InChI=1S/C17H27N3O/c1-16(2)8-12(9-17(3,4)10-16)20-15(21)13-6-5-11(18)7-14(13)19/h5-7,12H,8-10,18-19H2,1-4H3,(H,20,21). The fourth-order valence-electron chi connectivity index (χ4n) is 4.00. The second-order valence-electron chi connectivity index (χ2n) is 7.93. The van der Waals surface area contributed by atoms with Crippen LogP contribution in [0.4, 0.5) is 11.4 Å². The maximum absolute atomic E-state index is 12.4. The Morgan fingerprint density at radius 3 is 2.24 bits per heavy atom. The lowest BCUT2D eigenvalue weighted by Gasteiger charge is -2.45. The highest BCUT2D eigenvalue weighted by atomic mass is 16.1. The Hall–Kier alpha value is -1.71. The molecule has 0 spiro atoms. The van der Waals surface area contributed by atoms with Gasteiger partial charge in [0.25, 0.3) is 5.91 Å². The van der Waals surface area contributed by atoms with Gasteiger partial charge in [0.15, 0.2) is 0 Å². The van der Waals surface area contributed by atoms with Crippen molar-refractivity contribution >= 4 is 17.3 Å². The van der Waals surface area contributed by atoms with Crippen LogP contribution in [0.5, 0.6) is 0 Å². The van der Waals surface area contributed by atoms with E-state index >= 15 is 0 Å². The van der Waals surface area contributed by atoms with Gasteiger partial charge in [-0.25, -0.2) is 0 Å². The van der Waals surface area contributed by atoms with Crippen molar-refractivity contribution < 1.29 is 4.79 Å². The Bertz CT molecular complexity index is 533. The van der Waals surface area contributed by atoms with Crippen molar-refractivity contribution in [1.82, 2.24) is 5.32 Å². The highest BCUT2D eigenvalue weighted by Crippen LogP contribution is 2.45. The number of carbonyl (C=O) groups is 1. The molecule has 1 amide bonds. The summed E-state index contributed by atoms with van der Waals surface area (Å²) in [6, 6.07) is 5.22. The zero-order valence-electron chi connectivity index (χ0n) is 13.5. The minimum atomic E-state index is -0.106. The largest absolute Gasteiger partial charge is 0.399 e. The fourth-order valence-corrected chi connectivity index (χ4v) is 4.00. The van der Waals surface area contributed by atoms with Gasteiger partial charge in [0, 0.05) is 17.4 Å². The summed E-state index contributed by atoms with van der Waals surface area (Å²) in [7, 11) is 0. The van der Waals surface area contributed by atoms with E-state index in [4.69, 9.17) is 11.5 Å². The van der Waals surface area contributed by atoms with Gasteiger partial charge in [-0.3, -0.25) is 4.79 Å². The molecule has 1 aliphatic carbocycles. The van der Waals surface area contributed by atoms with Gasteiger partial charge in [-0.05, 0) is 48.3 Å². The van der Waals surface area contributed by atoms with Crippen molar-refractivity contribution in [1.29, 1.82) is 0 Å². The summed E-state index contributed by atoms with van der Waals surface area (Å²) in [6.45, 7) is 9.07. The molecule has 116 valence electrons. The number of hydrogen-bond acceptors (Lipinski definition) is 3. The number of anilines is 2. The normalized spacial score (nSPS) is 21.0. The van der Waals surface area contributed by atoms with Crippen LogP contribution >= 0.6 is 0 Å². The molecule has 0 heterocycles. The molecule has 0 aromatic heterocycles. The predicted octanol–water partition coefficient (Wildman–Crippen LogP) is 3.19. The van der Waals surface area contributed by atoms with Crippen LogP contribution in [0.2, 0.25) is 0 Å². The van der Waals surface area contributed by atoms with Gasteiger partial charge in [0.05, 0.1) is 5.56 Å². The summed E-state index contributed by atoms with van der Waals surface area (Å²) in [6.07, 6.45) is 3.17. The molecule has 0 saturated heterocycles. The number of nitrogen functional groups attached to an aromatic ring is 2. The molecule has 1 aliphatic rings. The number of hydrogen-bond donors (Lipinski definition) is 3. The Balaban J connectivity index is 2.12. The van der Waals surface area contributed by atoms with Crippen molar-refractivity contribution in [2.75, 3.05) is 11.5 Å². The van der Waals surface area contributed by atoms with E-state index in [1.165, 1.54) is 6.42 Å². The molecule has 4 nitrogen and oxygen atoms in total. The van der Waals surface area contributed by atoms with Crippen LogP contribution in [0.1, 0.15) is 57.3 Å². The molecule has 1 aromatic carbocycles. The molecule has 2 rings (SSSR count). The number of nitrogens with two attached hydrogens (primary N) is 2. The summed E-state index contributed by atoms with van der Waals surface area (Å²) in [5, 5.41) is 3.15. The molecule has 1 aromatic rings. The van der Waals surface area contributed by atoms with Crippen LogP contribution in [0.3, 0.4) is 0 Å². The van der Waals surface area contributed by atoms with Crippen LogP contribution in [0.15, 0.2) is 18.2 Å². The Labute approximate surface area is 127 Å². The van der Waals surface area contributed by atoms with Crippen molar-refractivity contribution in [3.8, 4) is 0 Å². The topological polar surface area (TPSA) is 81.1 Å². The number of benzene rings is 1. The molecule has 21 heavy (non-hydrogen) atoms. The maximum Gasteiger partial charge on any atom is 0.253 e. The summed E-state index contributed by atoms with van der Waals surface area (Å²) >= 11 is 0. The van der Waals surface area contributed by atoms with Gasteiger partial charge in [-0.15, -0.1) is 0 Å². The van der Waals surface area contributed by atoms with E-state index < -0.39 is 0 Å². The lowest BCUT2D eigenvalue weighted by molar-refractivity contribution is 0.0714. The minimum absolute atomic E-state index is 0.106. The first-order valence-corrected chi connectivity index (χ1v) is 7.54. The highest BCUT2D eigenvalue weighted by molar-refractivity contribution is 5.99. The van der Waals surface area contributed by atoms with E-state index in [0.717, 1.165) is 12.8 Å². The smallest absolute Gasteiger partial charge is 0.253 e. The molecular weight excluding hydrogens is 262 g/mol. The molecule has 0 unspecified atom stereocenters. The van der Waals surface area contributed by atoms with Gasteiger partial charge >= 0.3 is 0 Å². The number of amides is 1. The summed E-state index contributed by atoms with van der Waals surface area (Å²) in [5.41, 5.74) is 13.6. The number of nitrogens with one attached hydrogen (secondary N) is 1. The lowest BCUT2D eigenvalue weighted by atomic mass is 9.63. The number of carbonyl (C=O) groups excluding carboxylic acids is 1. The van der Waals surface area contributed by atoms with E-state index in [0.29, 0.717) is 16.9 Å². The van der Waals surface area contributed by atoms with E-state index in [-0.39, 0.29) is 22.8 Å². The van der Waals surface area contributed by atoms with Crippen LogP contribution < -0.4 is 16.8 Å². The third-order valence-electron chi connectivity index (χ3n) is 4.21. The van der Waals surface area contributed by atoms with Crippen molar-refractivity contribution in [2.24, 2.45) is 10.8 Å². The van der Waals surface area contributed by atoms with Gasteiger partial charge in [-0.2, -0.15) is 0 Å². The molecule has 0 aliphatic heterocycles. The molecule has 4 heteroatoms. The summed E-state index contributed by atoms with van der Waals surface area (Å²) in [5.74, 6) is -0.106. The van der Waals surface area contributed by atoms with Crippen LogP contribution in [0.25, 0.3) is 0 Å². The molecule has 5 N–H and O–H groups in total. The predicted molar refractivity (Wildman–Crippen MR) is 87.9 cm³/mol. The van der Waals surface area contributed by atoms with Gasteiger partial charge in [-0.1, -0.05) is 27.7 Å². The summed E-state index contributed by atoms with van der Waals surface area (Å²) in [4.78, 5) is 12.4.